The lowest BCUT2D eigenvalue weighted by Crippen LogP contribution is -2.23. The number of nitrogens with zero attached hydrogens (tertiary/aromatic N) is 2. The maximum Gasteiger partial charge on any atom is 0.185 e. The third-order valence-corrected chi connectivity index (χ3v) is 10.4. The predicted octanol–water partition coefficient (Wildman–Crippen LogP) is 8.33. The van der Waals surface area contributed by atoms with Crippen LogP contribution in [0.25, 0.3) is 5.69 Å². The first kappa shape index (κ1) is 33.1. The number of imidazole rings is 1. The first-order valence-electron chi connectivity index (χ1n) is 13.6. The second-order valence-corrected chi connectivity index (χ2v) is 14.9. The summed E-state index contributed by atoms with van der Waals surface area (Å²) in [7, 11) is -2.25. The second-order valence-electron chi connectivity index (χ2n) is 11.1. The molecule has 0 atom stereocenters. The van der Waals surface area contributed by atoms with E-state index < -0.39 is 21.0 Å². The summed E-state index contributed by atoms with van der Waals surface area (Å²) in [6.07, 6.45) is 1.99. The largest absolute Gasteiger partial charge is 0.495 e. The number of aromatic nitrogens is 2. The highest BCUT2D eigenvalue weighted by Crippen LogP contribution is 2.39. The topological polar surface area (TPSA) is 78.3 Å². The Morgan fingerprint density at radius 2 is 1.74 bits per heavy atom. The van der Waals surface area contributed by atoms with Crippen LogP contribution in [-0.4, -0.2) is 36.6 Å². The third kappa shape index (κ3) is 7.63. The Morgan fingerprint density at radius 3 is 2.35 bits per heavy atom. The number of ketones is 1. The second kappa shape index (κ2) is 13.4. The van der Waals surface area contributed by atoms with Gasteiger partial charge in [-0.1, -0.05) is 74.8 Å². The van der Waals surface area contributed by atoms with E-state index in [0.717, 1.165) is 16.9 Å². The molecule has 0 unspecified atom stereocenters. The summed E-state index contributed by atoms with van der Waals surface area (Å²) in [5, 5.41) is 1.40. The lowest BCUT2D eigenvalue weighted by Gasteiger charge is -2.28. The summed E-state index contributed by atoms with van der Waals surface area (Å²) in [6.45, 7) is 7.85. The van der Waals surface area contributed by atoms with E-state index in [-0.39, 0.29) is 33.9 Å². The molecule has 4 rings (SSSR count). The molecule has 43 heavy (non-hydrogen) atoms. The van der Waals surface area contributed by atoms with E-state index in [9.17, 15) is 17.6 Å². The predicted molar refractivity (Wildman–Crippen MR) is 171 cm³/mol. The van der Waals surface area contributed by atoms with E-state index >= 15 is 0 Å². The fraction of sp³-hybridized carbons (Fsp3) is 0.312. The Bertz CT molecular complexity index is 1740. The molecule has 0 fully saturated rings. The monoisotopic (exact) mass is 662 g/mol. The standard InChI is InChI=1S/C32H33Cl2FN2O4S2/c1-20(2)14-25(38)19-43(39,40)26-12-6-21(27(33)16-26)18-42-31-36-17-30(37(31)24-10-8-23(35)9-11-24)32(3,4)22-7-13-29(41-5)28(34)15-22/h6-13,15-17,20H,14,18-19H2,1-5H3. The highest BCUT2D eigenvalue weighted by molar-refractivity contribution is 7.98. The van der Waals surface area contributed by atoms with Crippen molar-refractivity contribution in [2.24, 2.45) is 5.92 Å². The van der Waals surface area contributed by atoms with Gasteiger partial charge in [0.15, 0.2) is 15.0 Å². The Kier molecular flexibility index (Phi) is 10.3. The molecule has 4 aromatic rings. The molecule has 0 aliphatic rings. The highest BCUT2D eigenvalue weighted by Gasteiger charge is 2.30. The molecule has 0 radical (unpaired) electrons. The Labute approximate surface area is 266 Å². The fourth-order valence-electron chi connectivity index (χ4n) is 4.71. The minimum absolute atomic E-state index is 0.0124. The number of rotatable bonds is 12. The summed E-state index contributed by atoms with van der Waals surface area (Å²) >= 11 is 14.4. The van der Waals surface area contributed by atoms with Gasteiger partial charge < -0.3 is 4.74 Å². The van der Waals surface area contributed by atoms with Gasteiger partial charge in [-0.2, -0.15) is 0 Å². The minimum Gasteiger partial charge on any atom is -0.495 e. The van der Waals surface area contributed by atoms with Crippen molar-refractivity contribution in [2.45, 2.75) is 55.3 Å². The van der Waals surface area contributed by atoms with Crippen molar-refractivity contribution in [3.63, 3.8) is 0 Å². The first-order valence-corrected chi connectivity index (χ1v) is 17.0. The number of methoxy groups -OCH3 is 1. The summed E-state index contributed by atoms with van der Waals surface area (Å²) in [4.78, 5) is 16.9. The SMILES string of the molecule is COc1ccc(C(C)(C)c2cnc(SCc3ccc(S(=O)(=O)CC(=O)CC(C)C)cc3Cl)n2-c2ccc(F)cc2)cc1Cl. The quantitative estimate of drug-likeness (QED) is 0.142. The number of hydrogen-bond acceptors (Lipinski definition) is 6. The highest BCUT2D eigenvalue weighted by atomic mass is 35.5. The van der Waals surface area contributed by atoms with Gasteiger partial charge in [0, 0.05) is 28.3 Å². The molecule has 1 aromatic heterocycles. The molecule has 3 aromatic carbocycles. The maximum absolute atomic E-state index is 13.9. The van der Waals surface area contributed by atoms with E-state index in [1.807, 2.05) is 36.6 Å². The molecule has 228 valence electrons. The van der Waals surface area contributed by atoms with Crippen molar-refractivity contribution < 1.29 is 22.3 Å². The van der Waals surface area contributed by atoms with Crippen LogP contribution in [0.2, 0.25) is 10.0 Å². The van der Waals surface area contributed by atoms with E-state index in [1.54, 1.807) is 31.5 Å². The Morgan fingerprint density at radius 1 is 1.05 bits per heavy atom. The van der Waals surface area contributed by atoms with Crippen LogP contribution in [0.3, 0.4) is 0 Å². The molecule has 0 spiro atoms. The van der Waals surface area contributed by atoms with Crippen LogP contribution in [0.5, 0.6) is 5.75 Å². The smallest absolute Gasteiger partial charge is 0.185 e. The summed E-state index contributed by atoms with van der Waals surface area (Å²) in [5.74, 6) is -0.196. The molecule has 0 saturated heterocycles. The van der Waals surface area contributed by atoms with Crippen molar-refractivity contribution in [1.29, 1.82) is 0 Å². The zero-order valence-electron chi connectivity index (χ0n) is 24.5. The lowest BCUT2D eigenvalue weighted by atomic mass is 9.81. The van der Waals surface area contributed by atoms with Crippen LogP contribution in [0, 0.1) is 11.7 Å². The molecule has 6 nitrogen and oxygen atoms in total. The first-order chi connectivity index (χ1) is 20.2. The number of hydrogen-bond donors (Lipinski definition) is 0. The van der Waals surface area contributed by atoms with Gasteiger partial charge in [-0.3, -0.25) is 9.36 Å². The zero-order valence-corrected chi connectivity index (χ0v) is 27.7. The van der Waals surface area contributed by atoms with Gasteiger partial charge in [0.05, 0.1) is 28.9 Å². The normalized spacial score (nSPS) is 12.1. The number of benzene rings is 3. The molecule has 0 N–H and O–H groups in total. The van der Waals surface area contributed by atoms with Crippen molar-refractivity contribution in [3.8, 4) is 11.4 Å². The molecule has 0 bridgehead atoms. The van der Waals surface area contributed by atoms with Crippen LogP contribution in [0.4, 0.5) is 4.39 Å². The van der Waals surface area contributed by atoms with Crippen molar-refractivity contribution in [2.75, 3.05) is 12.9 Å². The minimum atomic E-state index is -3.81. The van der Waals surface area contributed by atoms with Crippen molar-refractivity contribution in [1.82, 2.24) is 9.55 Å². The van der Waals surface area contributed by atoms with Crippen LogP contribution in [0.1, 0.15) is 50.9 Å². The number of halogens is 3. The van der Waals surface area contributed by atoms with Gasteiger partial charge >= 0.3 is 0 Å². The van der Waals surface area contributed by atoms with Crippen LogP contribution < -0.4 is 4.74 Å². The Balaban J connectivity index is 1.65. The zero-order chi connectivity index (χ0) is 31.5. The molecular formula is C32H33Cl2FN2O4S2. The number of carbonyl (C=O) groups excluding carboxylic acids is 1. The van der Waals surface area contributed by atoms with Gasteiger partial charge in [0.2, 0.25) is 0 Å². The van der Waals surface area contributed by atoms with Crippen LogP contribution in [0.15, 0.2) is 76.9 Å². The summed E-state index contributed by atoms with van der Waals surface area (Å²) in [5.41, 5.74) is 2.65. The van der Waals surface area contributed by atoms with Gasteiger partial charge in [0.25, 0.3) is 0 Å². The van der Waals surface area contributed by atoms with Gasteiger partial charge in [0.1, 0.15) is 23.1 Å². The van der Waals surface area contributed by atoms with Gasteiger partial charge in [-0.25, -0.2) is 17.8 Å². The average molecular weight is 664 g/mol. The third-order valence-electron chi connectivity index (χ3n) is 7.06. The summed E-state index contributed by atoms with van der Waals surface area (Å²) in [6, 6.07) is 16.3. The average Bonchev–Trinajstić information content (AvgIpc) is 3.36. The molecule has 0 amide bonds. The molecular weight excluding hydrogens is 630 g/mol. The number of carbonyl (C=O) groups is 1. The number of sulfone groups is 1. The Hall–Kier alpha value is -2.85. The molecule has 1 heterocycles. The lowest BCUT2D eigenvalue weighted by molar-refractivity contribution is -0.117. The van der Waals surface area contributed by atoms with Gasteiger partial charge in [-0.15, -0.1) is 0 Å². The maximum atomic E-state index is 13.9. The molecule has 0 saturated carbocycles. The van der Waals surface area contributed by atoms with E-state index in [2.05, 4.69) is 13.8 Å². The van der Waals surface area contributed by atoms with Crippen LogP contribution in [-0.2, 0) is 25.8 Å². The molecule has 0 aliphatic heterocycles. The molecule has 0 aliphatic carbocycles. The number of ether oxygens (including phenoxy) is 1. The van der Waals surface area contributed by atoms with E-state index in [1.165, 1.54) is 36.0 Å². The van der Waals surface area contributed by atoms with Crippen LogP contribution >= 0.6 is 35.0 Å². The molecule has 11 heteroatoms. The summed E-state index contributed by atoms with van der Waals surface area (Å²) < 4.78 is 46.8. The number of thioether (sulfide) groups is 1. The van der Waals surface area contributed by atoms with E-state index in [0.29, 0.717) is 27.2 Å². The number of Topliss-reactive ketones (excluding diaryl/α,β-unsaturated/α-hetero) is 1. The fourth-order valence-corrected chi connectivity index (χ4v) is 7.64. The van der Waals surface area contributed by atoms with Gasteiger partial charge in [-0.05, 0) is 65.6 Å². The van der Waals surface area contributed by atoms with E-state index in [4.69, 9.17) is 32.9 Å². The van der Waals surface area contributed by atoms with Crippen molar-refractivity contribution in [3.05, 3.63) is 99.5 Å². The van der Waals surface area contributed by atoms with Crippen molar-refractivity contribution >= 4 is 50.6 Å².